The van der Waals surface area contributed by atoms with Gasteiger partial charge in [-0.25, -0.2) is 4.98 Å². The molecule has 1 aromatic heterocycles. The fourth-order valence-corrected chi connectivity index (χ4v) is 1.88. The van der Waals surface area contributed by atoms with Gasteiger partial charge in [-0.3, -0.25) is 4.79 Å². The molecule has 1 atom stereocenters. The summed E-state index contributed by atoms with van der Waals surface area (Å²) in [5, 5.41) is 2.99. The van der Waals surface area contributed by atoms with Gasteiger partial charge in [0, 0.05) is 17.0 Å². The molecule has 1 unspecified atom stereocenters. The third-order valence-corrected chi connectivity index (χ3v) is 2.95. The first kappa shape index (κ1) is 10.2. The van der Waals surface area contributed by atoms with Crippen molar-refractivity contribution < 1.29 is 9.53 Å². The first-order valence-corrected chi connectivity index (χ1v) is 5.00. The van der Waals surface area contributed by atoms with E-state index < -0.39 is 0 Å². The number of aromatic nitrogens is 1. The zero-order valence-electron chi connectivity index (χ0n) is 8.03. The summed E-state index contributed by atoms with van der Waals surface area (Å²) in [6, 6.07) is 0. The summed E-state index contributed by atoms with van der Waals surface area (Å²) in [6.07, 6.45) is 0.406. The Balaban J connectivity index is 2.58. The van der Waals surface area contributed by atoms with Crippen LogP contribution in [0, 0.1) is 6.92 Å². The molecule has 0 N–H and O–H groups in total. The van der Waals surface area contributed by atoms with Gasteiger partial charge < -0.3 is 4.74 Å². The number of thiazole rings is 1. The van der Waals surface area contributed by atoms with Gasteiger partial charge in [0.2, 0.25) is 0 Å². The Morgan fingerprint density at radius 3 is 2.92 bits per heavy atom. The molecule has 0 saturated heterocycles. The Hall–Kier alpha value is -0.900. The number of ether oxygens (including phenoxy) is 1. The molecule has 3 nitrogen and oxygen atoms in total. The van der Waals surface area contributed by atoms with Crippen molar-refractivity contribution >= 4 is 17.3 Å². The SMILES string of the molecule is COC(=O)CC(C)c1nc(C)cs1. The zero-order valence-corrected chi connectivity index (χ0v) is 8.85. The molecule has 0 radical (unpaired) electrons. The second kappa shape index (κ2) is 4.37. The Labute approximate surface area is 81.8 Å². The van der Waals surface area contributed by atoms with Crippen molar-refractivity contribution in [3.63, 3.8) is 0 Å². The quantitative estimate of drug-likeness (QED) is 0.700. The van der Waals surface area contributed by atoms with Gasteiger partial charge in [0.15, 0.2) is 0 Å². The Kier molecular flexibility index (Phi) is 3.42. The van der Waals surface area contributed by atoms with E-state index in [1.54, 1.807) is 11.3 Å². The number of hydrogen-bond donors (Lipinski definition) is 0. The summed E-state index contributed by atoms with van der Waals surface area (Å²) in [4.78, 5) is 15.3. The lowest BCUT2D eigenvalue weighted by Crippen LogP contribution is -2.05. The molecular weight excluding hydrogens is 186 g/mol. The van der Waals surface area contributed by atoms with Crippen LogP contribution in [-0.2, 0) is 9.53 Å². The van der Waals surface area contributed by atoms with Gasteiger partial charge in [0.1, 0.15) is 0 Å². The number of methoxy groups -OCH3 is 1. The van der Waals surface area contributed by atoms with Crippen molar-refractivity contribution in [3.05, 3.63) is 16.1 Å². The predicted octanol–water partition coefficient (Wildman–Crippen LogP) is 2.12. The highest BCUT2D eigenvalue weighted by atomic mass is 32.1. The second-order valence-corrected chi connectivity index (χ2v) is 3.90. The fraction of sp³-hybridized carbons (Fsp3) is 0.556. The third-order valence-electron chi connectivity index (χ3n) is 1.76. The second-order valence-electron chi connectivity index (χ2n) is 3.01. The zero-order chi connectivity index (χ0) is 9.84. The highest BCUT2D eigenvalue weighted by Gasteiger charge is 2.13. The molecule has 0 amide bonds. The maximum atomic E-state index is 11.0. The lowest BCUT2D eigenvalue weighted by atomic mass is 10.1. The molecular formula is C9H13NO2S. The van der Waals surface area contributed by atoms with Crippen LogP contribution >= 0.6 is 11.3 Å². The molecule has 1 aromatic rings. The lowest BCUT2D eigenvalue weighted by Gasteiger charge is -2.05. The molecule has 1 rings (SSSR count). The van der Waals surface area contributed by atoms with Crippen LogP contribution in [0.3, 0.4) is 0 Å². The van der Waals surface area contributed by atoms with E-state index in [9.17, 15) is 4.79 Å². The smallest absolute Gasteiger partial charge is 0.306 e. The Morgan fingerprint density at radius 1 is 1.77 bits per heavy atom. The largest absolute Gasteiger partial charge is 0.469 e. The Bertz CT molecular complexity index is 296. The molecule has 0 aliphatic heterocycles. The van der Waals surface area contributed by atoms with Gasteiger partial charge in [-0.2, -0.15) is 0 Å². The summed E-state index contributed by atoms with van der Waals surface area (Å²) in [7, 11) is 1.40. The van der Waals surface area contributed by atoms with E-state index in [0.717, 1.165) is 10.7 Å². The van der Waals surface area contributed by atoms with E-state index in [4.69, 9.17) is 0 Å². The minimum absolute atomic E-state index is 0.158. The normalized spacial score (nSPS) is 12.5. The van der Waals surface area contributed by atoms with Crippen LogP contribution in [0.15, 0.2) is 5.38 Å². The average Bonchev–Trinajstić information content (AvgIpc) is 2.51. The van der Waals surface area contributed by atoms with Crippen LogP contribution in [0.25, 0.3) is 0 Å². The summed E-state index contributed by atoms with van der Waals surface area (Å²) in [6.45, 7) is 3.93. The average molecular weight is 199 g/mol. The standard InChI is InChI=1S/C9H13NO2S/c1-6(4-8(11)12-3)9-10-7(2)5-13-9/h5-6H,4H2,1-3H3. The van der Waals surface area contributed by atoms with Gasteiger partial charge in [0.05, 0.1) is 18.5 Å². The maximum Gasteiger partial charge on any atom is 0.306 e. The molecule has 72 valence electrons. The van der Waals surface area contributed by atoms with Crippen molar-refractivity contribution in [3.8, 4) is 0 Å². The number of rotatable bonds is 3. The molecule has 1 heterocycles. The van der Waals surface area contributed by atoms with Crippen LogP contribution in [0.1, 0.15) is 30.0 Å². The van der Waals surface area contributed by atoms with Crippen LogP contribution in [0.2, 0.25) is 0 Å². The van der Waals surface area contributed by atoms with Crippen LogP contribution in [-0.4, -0.2) is 18.1 Å². The first-order chi connectivity index (χ1) is 6.13. The topological polar surface area (TPSA) is 39.2 Å². The molecule has 13 heavy (non-hydrogen) atoms. The van der Waals surface area contributed by atoms with E-state index in [2.05, 4.69) is 9.72 Å². The van der Waals surface area contributed by atoms with Crippen LogP contribution in [0.4, 0.5) is 0 Å². The number of esters is 1. The van der Waals surface area contributed by atoms with Crippen molar-refractivity contribution in [1.29, 1.82) is 0 Å². The van der Waals surface area contributed by atoms with E-state index in [-0.39, 0.29) is 11.9 Å². The number of carbonyl (C=O) groups is 1. The van der Waals surface area contributed by atoms with Crippen molar-refractivity contribution in [2.24, 2.45) is 0 Å². The molecule has 4 heteroatoms. The Morgan fingerprint density at radius 2 is 2.46 bits per heavy atom. The number of hydrogen-bond acceptors (Lipinski definition) is 4. The highest BCUT2D eigenvalue weighted by molar-refractivity contribution is 7.09. The van der Waals surface area contributed by atoms with Crippen molar-refractivity contribution in [2.75, 3.05) is 7.11 Å². The fourth-order valence-electron chi connectivity index (χ4n) is 1.02. The van der Waals surface area contributed by atoms with Crippen LogP contribution < -0.4 is 0 Å². The van der Waals surface area contributed by atoms with E-state index in [1.807, 2.05) is 19.2 Å². The van der Waals surface area contributed by atoms with E-state index >= 15 is 0 Å². The number of aryl methyl sites for hydroxylation is 1. The van der Waals surface area contributed by atoms with Crippen molar-refractivity contribution in [1.82, 2.24) is 4.98 Å². The lowest BCUT2D eigenvalue weighted by molar-refractivity contribution is -0.140. The molecule has 0 spiro atoms. The first-order valence-electron chi connectivity index (χ1n) is 4.12. The monoisotopic (exact) mass is 199 g/mol. The third kappa shape index (κ3) is 2.81. The maximum absolute atomic E-state index is 11.0. The van der Waals surface area contributed by atoms with Gasteiger partial charge in [-0.05, 0) is 6.92 Å². The van der Waals surface area contributed by atoms with Gasteiger partial charge in [-0.15, -0.1) is 11.3 Å². The predicted molar refractivity (Wildman–Crippen MR) is 51.9 cm³/mol. The number of carbonyl (C=O) groups excluding carboxylic acids is 1. The summed E-state index contributed by atoms with van der Waals surface area (Å²) in [5.41, 5.74) is 1.01. The highest BCUT2D eigenvalue weighted by Crippen LogP contribution is 2.22. The minimum atomic E-state index is -0.180. The van der Waals surface area contributed by atoms with Crippen LogP contribution in [0.5, 0.6) is 0 Å². The van der Waals surface area contributed by atoms with E-state index in [1.165, 1.54) is 7.11 Å². The molecule has 0 bridgehead atoms. The summed E-state index contributed by atoms with van der Waals surface area (Å²) in [5.74, 6) is -0.0218. The molecule has 0 fully saturated rings. The minimum Gasteiger partial charge on any atom is -0.469 e. The van der Waals surface area contributed by atoms with Crippen molar-refractivity contribution in [2.45, 2.75) is 26.2 Å². The summed E-state index contributed by atoms with van der Waals surface area (Å²) < 4.78 is 4.59. The van der Waals surface area contributed by atoms with Gasteiger partial charge in [0.25, 0.3) is 0 Å². The number of nitrogens with zero attached hydrogens (tertiary/aromatic N) is 1. The molecule has 0 saturated carbocycles. The van der Waals surface area contributed by atoms with Gasteiger partial charge in [-0.1, -0.05) is 6.92 Å². The van der Waals surface area contributed by atoms with E-state index in [0.29, 0.717) is 6.42 Å². The molecule has 0 aliphatic carbocycles. The molecule has 0 aliphatic rings. The summed E-state index contributed by atoms with van der Waals surface area (Å²) >= 11 is 1.59. The molecule has 0 aromatic carbocycles. The van der Waals surface area contributed by atoms with Gasteiger partial charge >= 0.3 is 5.97 Å².